The highest BCUT2D eigenvalue weighted by molar-refractivity contribution is 5.06. The van der Waals surface area contributed by atoms with E-state index in [-0.39, 0.29) is 12.0 Å². The summed E-state index contributed by atoms with van der Waals surface area (Å²) in [5.74, 6) is -28.0. The molecular weight excluding hydrogens is 469 g/mol. The second-order valence-electron chi connectivity index (χ2n) is 7.58. The van der Waals surface area contributed by atoms with Crippen molar-refractivity contribution in [3.8, 4) is 0 Å². The third-order valence-electron chi connectivity index (χ3n) is 4.61. The normalized spacial score (nSPS) is 15.2. The van der Waals surface area contributed by atoms with E-state index < -0.39 is 49.2 Å². The Bertz CT molecular complexity index is 574. The summed E-state index contributed by atoms with van der Waals surface area (Å²) >= 11 is 0. The van der Waals surface area contributed by atoms with Crippen molar-refractivity contribution in [2.45, 2.75) is 94.3 Å². The quantitative estimate of drug-likeness (QED) is 0.140. The molecule has 0 aromatic carbocycles. The van der Waals surface area contributed by atoms with E-state index in [4.69, 9.17) is 0 Å². The van der Waals surface area contributed by atoms with Gasteiger partial charge in [0.1, 0.15) is 6.61 Å². The van der Waals surface area contributed by atoms with Crippen LogP contribution in [0.2, 0.25) is 0 Å². The van der Waals surface area contributed by atoms with E-state index in [2.05, 4.69) is 11.3 Å². The fourth-order valence-corrected chi connectivity index (χ4v) is 2.67. The Hall–Kier alpha value is -1.11. The molecule has 0 aromatic rings. The van der Waals surface area contributed by atoms with Gasteiger partial charge in [-0.3, -0.25) is 0 Å². The minimum absolute atomic E-state index is 0.0880. The topological polar surface area (TPSA) is 29.5 Å². The SMILES string of the molecule is C=C(COCC(F)(F)C(F)(F)C(F)(F)C(F)(F)C(F)(F)F)CC(O)CCCCCCCC. The summed E-state index contributed by atoms with van der Waals surface area (Å²) < 4.78 is 146. The van der Waals surface area contributed by atoms with Crippen LogP contribution in [0.1, 0.15) is 58.3 Å². The number of aliphatic hydroxyl groups is 1. The van der Waals surface area contributed by atoms with Crippen LogP contribution < -0.4 is 0 Å². The maximum atomic E-state index is 13.5. The Morgan fingerprint density at radius 3 is 1.78 bits per heavy atom. The molecule has 32 heavy (non-hydrogen) atoms. The highest BCUT2D eigenvalue weighted by Crippen LogP contribution is 2.57. The lowest BCUT2D eigenvalue weighted by Crippen LogP contribution is -2.67. The molecule has 1 unspecified atom stereocenters. The predicted octanol–water partition coefficient (Wildman–Crippen LogP) is 7.16. The molecule has 1 N–H and O–H groups in total. The zero-order chi connectivity index (χ0) is 25.4. The standard InChI is InChI=1S/C19H27F11O2/c1-3-4-5-6-7-8-9-14(31)10-13(2)11-32-12-15(20,21)16(22,23)17(24,25)18(26,27)19(28,29)30/h14,31H,2-12H2,1H3. The molecule has 0 amide bonds. The van der Waals surface area contributed by atoms with E-state index in [9.17, 15) is 53.4 Å². The lowest BCUT2D eigenvalue weighted by molar-refractivity contribution is -0.424. The summed E-state index contributed by atoms with van der Waals surface area (Å²) in [6.07, 6.45) is -2.46. The average Bonchev–Trinajstić information content (AvgIpc) is 2.62. The molecule has 13 heteroatoms. The first kappa shape index (κ1) is 30.9. The van der Waals surface area contributed by atoms with E-state index in [1.165, 1.54) is 0 Å². The van der Waals surface area contributed by atoms with Gasteiger partial charge in [-0.15, -0.1) is 0 Å². The number of hydrogen-bond donors (Lipinski definition) is 1. The van der Waals surface area contributed by atoms with Gasteiger partial charge in [0, 0.05) is 0 Å². The minimum Gasteiger partial charge on any atom is -0.393 e. The number of aliphatic hydroxyl groups excluding tert-OH is 1. The summed E-state index contributed by atoms with van der Waals surface area (Å²) in [5, 5.41) is 9.81. The predicted molar refractivity (Wildman–Crippen MR) is 94.4 cm³/mol. The van der Waals surface area contributed by atoms with E-state index in [0.29, 0.717) is 12.8 Å². The van der Waals surface area contributed by atoms with Gasteiger partial charge in [-0.1, -0.05) is 52.0 Å². The Balaban J connectivity index is 4.72. The summed E-state index contributed by atoms with van der Waals surface area (Å²) in [7, 11) is 0. The molecule has 0 spiro atoms. The van der Waals surface area contributed by atoms with Crippen molar-refractivity contribution in [1.82, 2.24) is 0 Å². The van der Waals surface area contributed by atoms with Crippen molar-refractivity contribution in [3.63, 3.8) is 0 Å². The van der Waals surface area contributed by atoms with E-state index >= 15 is 0 Å². The first-order chi connectivity index (χ1) is 14.3. The summed E-state index contributed by atoms with van der Waals surface area (Å²) in [6.45, 7) is 1.87. The lowest BCUT2D eigenvalue weighted by atomic mass is 9.98. The van der Waals surface area contributed by atoms with Crippen molar-refractivity contribution in [1.29, 1.82) is 0 Å². The van der Waals surface area contributed by atoms with E-state index in [1.807, 2.05) is 6.92 Å². The van der Waals surface area contributed by atoms with Crippen LogP contribution >= 0.6 is 0 Å². The summed E-state index contributed by atoms with van der Waals surface area (Å²) in [5.41, 5.74) is -0.0880. The molecule has 0 saturated carbocycles. The highest BCUT2D eigenvalue weighted by Gasteiger charge is 2.87. The second kappa shape index (κ2) is 11.8. The molecule has 192 valence electrons. The van der Waals surface area contributed by atoms with Crippen LogP contribution in [0.25, 0.3) is 0 Å². The molecule has 0 radical (unpaired) electrons. The van der Waals surface area contributed by atoms with E-state index in [0.717, 1.165) is 32.1 Å². The van der Waals surface area contributed by atoms with Crippen molar-refractivity contribution in [2.24, 2.45) is 0 Å². The number of ether oxygens (including phenoxy) is 1. The smallest absolute Gasteiger partial charge is 0.393 e. The second-order valence-corrected chi connectivity index (χ2v) is 7.58. The van der Waals surface area contributed by atoms with Crippen molar-refractivity contribution in [3.05, 3.63) is 12.2 Å². The van der Waals surface area contributed by atoms with Crippen LogP contribution in [0.15, 0.2) is 12.2 Å². The molecule has 0 saturated heterocycles. The summed E-state index contributed by atoms with van der Waals surface area (Å²) in [6, 6.07) is 0. The number of rotatable bonds is 16. The lowest BCUT2D eigenvalue weighted by Gasteiger charge is -2.37. The van der Waals surface area contributed by atoms with Gasteiger partial charge < -0.3 is 9.84 Å². The van der Waals surface area contributed by atoms with E-state index in [1.54, 1.807) is 0 Å². The Morgan fingerprint density at radius 2 is 1.28 bits per heavy atom. The molecule has 0 aliphatic heterocycles. The third kappa shape index (κ3) is 7.74. The number of unbranched alkanes of at least 4 members (excludes halogenated alkanes) is 5. The number of hydrogen-bond acceptors (Lipinski definition) is 2. The highest BCUT2D eigenvalue weighted by atomic mass is 19.4. The van der Waals surface area contributed by atoms with Gasteiger partial charge in [-0.25, -0.2) is 0 Å². The fourth-order valence-electron chi connectivity index (χ4n) is 2.67. The Labute approximate surface area is 178 Å². The molecule has 1 atom stereocenters. The molecule has 0 aromatic heterocycles. The first-order valence-electron chi connectivity index (χ1n) is 9.85. The number of halogens is 11. The van der Waals surface area contributed by atoms with Gasteiger partial charge in [-0.05, 0) is 18.4 Å². The molecule has 2 nitrogen and oxygen atoms in total. The molecule has 0 aliphatic rings. The maximum Gasteiger partial charge on any atom is 0.460 e. The van der Waals surface area contributed by atoms with Crippen molar-refractivity contribution in [2.75, 3.05) is 13.2 Å². The van der Waals surface area contributed by atoms with Gasteiger partial charge >= 0.3 is 29.9 Å². The van der Waals surface area contributed by atoms with Crippen LogP contribution in [0.5, 0.6) is 0 Å². The van der Waals surface area contributed by atoms with Crippen LogP contribution in [0.4, 0.5) is 48.3 Å². The van der Waals surface area contributed by atoms with Gasteiger partial charge in [-0.2, -0.15) is 48.3 Å². The first-order valence-corrected chi connectivity index (χ1v) is 9.85. The zero-order valence-electron chi connectivity index (χ0n) is 17.4. The van der Waals surface area contributed by atoms with Gasteiger partial charge in [0.15, 0.2) is 0 Å². The van der Waals surface area contributed by atoms with Gasteiger partial charge in [0.25, 0.3) is 0 Å². The average molecular weight is 496 g/mol. The Kier molecular flexibility index (Phi) is 11.4. The van der Waals surface area contributed by atoms with Crippen molar-refractivity contribution < 1.29 is 58.1 Å². The molecule has 0 aliphatic carbocycles. The van der Waals surface area contributed by atoms with Crippen LogP contribution in [0.3, 0.4) is 0 Å². The van der Waals surface area contributed by atoms with Crippen LogP contribution in [0, 0.1) is 0 Å². The fraction of sp³-hybridized carbons (Fsp3) is 0.895. The van der Waals surface area contributed by atoms with Crippen LogP contribution in [-0.2, 0) is 4.74 Å². The zero-order valence-corrected chi connectivity index (χ0v) is 17.4. The number of alkyl halides is 11. The monoisotopic (exact) mass is 496 g/mol. The molecular formula is C19H27F11O2. The minimum atomic E-state index is -7.45. The maximum absolute atomic E-state index is 13.5. The summed E-state index contributed by atoms with van der Waals surface area (Å²) in [4.78, 5) is 0. The van der Waals surface area contributed by atoms with Gasteiger partial charge in [0.2, 0.25) is 0 Å². The van der Waals surface area contributed by atoms with Crippen LogP contribution in [-0.4, -0.2) is 54.3 Å². The largest absolute Gasteiger partial charge is 0.460 e. The van der Waals surface area contributed by atoms with Gasteiger partial charge in [0.05, 0.1) is 12.7 Å². The van der Waals surface area contributed by atoms with Crippen molar-refractivity contribution >= 4 is 0 Å². The molecule has 0 heterocycles. The molecule has 0 rings (SSSR count). The third-order valence-corrected chi connectivity index (χ3v) is 4.61. The molecule has 0 fully saturated rings. The Morgan fingerprint density at radius 1 is 0.781 bits per heavy atom. The molecule has 0 bridgehead atoms.